The molecule has 0 bridgehead atoms. The van der Waals surface area contributed by atoms with Crippen molar-refractivity contribution in [2.75, 3.05) is 18.4 Å². The Labute approximate surface area is 213 Å². The molecular formula is C30H36N4O2. The van der Waals surface area contributed by atoms with Crippen LogP contribution in [0.15, 0.2) is 54.7 Å². The smallest absolute Gasteiger partial charge is 0.319 e. The number of ether oxygens (including phenoxy) is 1. The molecule has 2 unspecified atom stereocenters. The van der Waals surface area contributed by atoms with Crippen molar-refractivity contribution in [1.29, 1.82) is 0 Å². The third-order valence-corrected chi connectivity index (χ3v) is 8.14. The van der Waals surface area contributed by atoms with Gasteiger partial charge in [0.15, 0.2) is 0 Å². The highest BCUT2D eigenvalue weighted by Crippen LogP contribution is 2.44. The van der Waals surface area contributed by atoms with Gasteiger partial charge in [0.1, 0.15) is 11.5 Å². The number of pyridine rings is 1. The lowest BCUT2D eigenvalue weighted by Gasteiger charge is -2.21. The van der Waals surface area contributed by atoms with Crippen LogP contribution in [0, 0.1) is 11.8 Å². The SMILES string of the molecule is O=C(Nc1ccc(Oc2ccnc(CN3CCCC3)c2)c2ccccc12)NC1CC1C1CCCCC1. The van der Waals surface area contributed by atoms with Gasteiger partial charge in [0.05, 0.1) is 11.4 Å². The van der Waals surface area contributed by atoms with Crippen molar-refractivity contribution in [3.05, 3.63) is 60.4 Å². The largest absolute Gasteiger partial charge is 0.457 e. The quantitative estimate of drug-likeness (QED) is 0.391. The fourth-order valence-electron chi connectivity index (χ4n) is 6.16. The Morgan fingerprint density at radius 2 is 1.78 bits per heavy atom. The number of hydrogen-bond donors (Lipinski definition) is 2. The van der Waals surface area contributed by atoms with Gasteiger partial charge in [-0.3, -0.25) is 9.88 Å². The molecule has 6 heteroatoms. The highest BCUT2D eigenvalue weighted by Gasteiger charge is 2.43. The molecule has 1 saturated heterocycles. The standard InChI is InChI=1S/C30H36N4O2/c35-30(33-28-19-26(28)21-8-2-1-3-9-21)32-27-12-13-29(25-11-5-4-10-24(25)27)36-23-14-15-31-22(18-23)20-34-16-6-7-17-34/h4-5,10-15,18,21,26,28H,1-3,6-9,16-17,19-20H2,(H2,32,33,35). The van der Waals surface area contributed by atoms with Crippen LogP contribution in [0.5, 0.6) is 11.5 Å². The number of urea groups is 1. The first-order chi connectivity index (χ1) is 17.7. The van der Waals surface area contributed by atoms with E-state index in [0.29, 0.717) is 12.0 Å². The molecule has 36 heavy (non-hydrogen) atoms. The number of aromatic nitrogens is 1. The van der Waals surface area contributed by atoms with Gasteiger partial charge in [-0.1, -0.05) is 56.4 Å². The van der Waals surface area contributed by atoms with Crippen LogP contribution in [-0.2, 0) is 6.54 Å². The van der Waals surface area contributed by atoms with Gasteiger partial charge in [-0.15, -0.1) is 0 Å². The summed E-state index contributed by atoms with van der Waals surface area (Å²) in [6.07, 6.45) is 12.2. The Bertz CT molecular complexity index is 1220. The number of nitrogens with one attached hydrogen (secondary N) is 2. The summed E-state index contributed by atoms with van der Waals surface area (Å²) in [5.41, 5.74) is 1.83. The zero-order valence-corrected chi connectivity index (χ0v) is 20.9. The number of nitrogens with zero attached hydrogens (tertiary/aromatic N) is 2. The van der Waals surface area contributed by atoms with Gasteiger partial charge in [-0.25, -0.2) is 4.79 Å². The Hall–Kier alpha value is -3.12. The van der Waals surface area contributed by atoms with Crippen LogP contribution in [0.25, 0.3) is 10.8 Å². The Morgan fingerprint density at radius 3 is 2.61 bits per heavy atom. The molecule has 0 spiro atoms. The maximum Gasteiger partial charge on any atom is 0.319 e. The predicted molar refractivity (Wildman–Crippen MR) is 143 cm³/mol. The average Bonchev–Trinajstić information content (AvgIpc) is 3.47. The Morgan fingerprint density at radius 1 is 0.972 bits per heavy atom. The molecule has 2 aliphatic carbocycles. The topological polar surface area (TPSA) is 66.5 Å². The summed E-state index contributed by atoms with van der Waals surface area (Å²) < 4.78 is 6.33. The zero-order valence-electron chi connectivity index (χ0n) is 20.9. The van der Waals surface area contributed by atoms with E-state index in [0.717, 1.165) is 65.6 Å². The number of fused-ring (bicyclic) bond motifs is 1. The number of hydrogen-bond acceptors (Lipinski definition) is 4. The highest BCUT2D eigenvalue weighted by molar-refractivity contribution is 6.04. The molecule has 3 fully saturated rings. The van der Waals surface area contributed by atoms with Crippen molar-refractivity contribution in [3.63, 3.8) is 0 Å². The molecule has 2 amide bonds. The monoisotopic (exact) mass is 484 g/mol. The maximum atomic E-state index is 12.8. The summed E-state index contributed by atoms with van der Waals surface area (Å²) in [5, 5.41) is 8.25. The molecule has 3 aliphatic rings. The number of amides is 2. The fourth-order valence-corrected chi connectivity index (χ4v) is 6.16. The van der Waals surface area contributed by atoms with E-state index >= 15 is 0 Å². The van der Waals surface area contributed by atoms with E-state index in [-0.39, 0.29) is 6.03 Å². The third kappa shape index (κ3) is 5.34. The molecule has 2 heterocycles. The van der Waals surface area contributed by atoms with Gasteiger partial charge in [-0.05, 0) is 62.4 Å². The normalized spacial score (nSPS) is 22.4. The summed E-state index contributed by atoms with van der Waals surface area (Å²) in [6, 6.07) is 16.1. The van der Waals surface area contributed by atoms with Crippen molar-refractivity contribution in [3.8, 4) is 11.5 Å². The van der Waals surface area contributed by atoms with Gasteiger partial charge < -0.3 is 15.4 Å². The molecule has 2 aromatic carbocycles. The lowest BCUT2D eigenvalue weighted by molar-refractivity contribution is 0.249. The fraction of sp³-hybridized carbons (Fsp3) is 0.467. The summed E-state index contributed by atoms with van der Waals surface area (Å²) in [4.78, 5) is 19.8. The van der Waals surface area contributed by atoms with Crippen LogP contribution < -0.4 is 15.4 Å². The average molecular weight is 485 g/mol. The molecule has 2 saturated carbocycles. The van der Waals surface area contributed by atoms with E-state index in [1.165, 1.54) is 44.9 Å². The Balaban J connectivity index is 1.13. The molecule has 1 aromatic heterocycles. The summed E-state index contributed by atoms with van der Waals surface area (Å²) >= 11 is 0. The number of carbonyl (C=O) groups is 1. The van der Waals surface area contributed by atoms with Crippen LogP contribution in [0.1, 0.15) is 57.1 Å². The minimum Gasteiger partial charge on any atom is -0.457 e. The van der Waals surface area contributed by atoms with Gasteiger partial charge >= 0.3 is 6.03 Å². The zero-order chi connectivity index (χ0) is 24.3. The first kappa shape index (κ1) is 23.3. The molecule has 6 rings (SSSR count). The second kappa shape index (κ2) is 10.5. The molecule has 3 aromatic rings. The third-order valence-electron chi connectivity index (χ3n) is 8.14. The molecule has 2 atom stereocenters. The van der Waals surface area contributed by atoms with Crippen LogP contribution in [0.3, 0.4) is 0 Å². The molecule has 2 N–H and O–H groups in total. The van der Waals surface area contributed by atoms with Crippen LogP contribution >= 0.6 is 0 Å². The maximum absolute atomic E-state index is 12.8. The molecular weight excluding hydrogens is 448 g/mol. The number of likely N-dealkylation sites (tertiary alicyclic amines) is 1. The number of carbonyl (C=O) groups excluding carboxylic acids is 1. The molecule has 1 aliphatic heterocycles. The van der Waals surface area contributed by atoms with Crippen LogP contribution in [0.2, 0.25) is 0 Å². The lowest BCUT2D eigenvalue weighted by Crippen LogP contribution is -2.32. The first-order valence-electron chi connectivity index (χ1n) is 13.7. The molecule has 188 valence electrons. The predicted octanol–water partition coefficient (Wildman–Crippen LogP) is 6.71. The van der Waals surface area contributed by atoms with Crippen LogP contribution in [0.4, 0.5) is 10.5 Å². The molecule has 0 radical (unpaired) electrons. The van der Waals surface area contributed by atoms with Crippen molar-refractivity contribution in [2.45, 2.75) is 64.0 Å². The van der Waals surface area contributed by atoms with Gasteiger partial charge in [0.25, 0.3) is 0 Å². The Kier molecular flexibility index (Phi) is 6.77. The van der Waals surface area contributed by atoms with Crippen molar-refractivity contribution < 1.29 is 9.53 Å². The van der Waals surface area contributed by atoms with Crippen LogP contribution in [-0.4, -0.2) is 35.0 Å². The summed E-state index contributed by atoms with van der Waals surface area (Å²) in [7, 11) is 0. The minimum atomic E-state index is -0.113. The van der Waals surface area contributed by atoms with E-state index in [2.05, 4.69) is 20.5 Å². The number of benzene rings is 2. The lowest BCUT2D eigenvalue weighted by atomic mass is 9.85. The van der Waals surface area contributed by atoms with Crippen molar-refractivity contribution in [1.82, 2.24) is 15.2 Å². The van der Waals surface area contributed by atoms with E-state index in [1.54, 1.807) is 0 Å². The van der Waals surface area contributed by atoms with Crippen molar-refractivity contribution in [2.24, 2.45) is 11.8 Å². The van der Waals surface area contributed by atoms with Crippen molar-refractivity contribution >= 4 is 22.5 Å². The van der Waals surface area contributed by atoms with E-state index in [9.17, 15) is 4.79 Å². The summed E-state index contributed by atoms with van der Waals surface area (Å²) in [6.45, 7) is 3.14. The number of rotatable bonds is 7. The first-order valence-corrected chi connectivity index (χ1v) is 13.7. The summed E-state index contributed by atoms with van der Waals surface area (Å²) in [5.74, 6) is 3.02. The van der Waals surface area contributed by atoms with Gasteiger partial charge in [0.2, 0.25) is 0 Å². The second-order valence-corrected chi connectivity index (χ2v) is 10.7. The van der Waals surface area contributed by atoms with E-state index in [4.69, 9.17) is 4.74 Å². The highest BCUT2D eigenvalue weighted by atomic mass is 16.5. The molecule has 6 nitrogen and oxygen atoms in total. The second-order valence-electron chi connectivity index (χ2n) is 10.7. The van der Waals surface area contributed by atoms with E-state index < -0.39 is 0 Å². The number of anilines is 1. The minimum absolute atomic E-state index is 0.113. The van der Waals surface area contributed by atoms with E-state index in [1.807, 2.05) is 54.7 Å². The van der Waals surface area contributed by atoms with Gasteiger partial charge in [-0.2, -0.15) is 0 Å². The van der Waals surface area contributed by atoms with Gasteiger partial charge in [0, 0.05) is 35.6 Å².